The standard InChI is InChI=1S/C12H15BrO2S/c1-15-12-4-3-9(8-11(12)13)7-10(14)5-6-16-2/h3-4,8H,5-7H2,1-2H3. The summed E-state index contributed by atoms with van der Waals surface area (Å²) >= 11 is 5.11. The average molecular weight is 303 g/mol. The molecule has 1 aromatic carbocycles. The monoisotopic (exact) mass is 302 g/mol. The van der Waals surface area contributed by atoms with E-state index in [1.54, 1.807) is 18.9 Å². The van der Waals surface area contributed by atoms with Gasteiger partial charge in [0.1, 0.15) is 11.5 Å². The molecule has 0 saturated heterocycles. The minimum Gasteiger partial charge on any atom is -0.496 e. The van der Waals surface area contributed by atoms with Crippen LogP contribution in [0.15, 0.2) is 22.7 Å². The Morgan fingerprint density at radius 2 is 2.25 bits per heavy atom. The molecular formula is C12H15BrO2S. The van der Waals surface area contributed by atoms with Crippen LogP contribution in [0.4, 0.5) is 0 Å². The molecule has 0 atom stereocenters. The summed E-state index contributed by atoms with van der Waals surface area (Å²) in [5, 5.41) is 0. The largest absolute Gasteiger partial charge is 0.496 e. The normalized spacial score (nSPS) is 10.2. The minimum atomic E-state index is 0.284. The average Bonchev–Trinajstić information content (AvgIpc) is 2.26. The molecule has 0 spiro atoms. The first-order valence-corrected chi connectivity index (χ1v) is 7.19. The number of Topliss-reactive ketones (excluding diaryl/α,β-unsaturated/α-hetero) is 1. The lowest BCUT2D eigenvalue weighted by Gasteiger charge is -2.05. The Morgan fingerprint density at radius 3 is 2.81 bits per heavy atom. The number of ether oxygens (including phenoxy) is 1. The number of hydrogen-bond donors (Lipinski definition) is 0. The molecule has 0 unspecified atom stereocenters. The number of carbonyl (C=O) groups excluding carboxylic acids is 1. The van der Waals surface area contributed by atoms with E-state index in [0.29, 0.717) is 12.8 Å². The predicted molar refractivity (Wildman–Crippen MR) is 72.4 cm³/mol. The van der Waals surface area contributed by atoms with Gasteiger partial charge in [-0.1, -0.05) is 6.07 Å². The summed E-state index contributed by atoms with van der Waals surface area (Å²) in [5.41, 5.74) is 1.03. The second kappa shape index (κ2) is 6.97. The van der Waals surface area contributed by atoms with Gasteiger partial charge in [-0.05, 0) is 45.6 Å². The van der Waals surface area contributed by atoms with Crippen molar-refractivity contribution in [1.82, 2.24) is 0 Å². The van der Waals surface area contributed by atoms with Crippen LogP contribution in [-0.4, -0.2) is 24.9 Å². The maximum absolute atomic E-state index is 11.6. The lowest BCUT2D eigenvalue weighted by atomic mass is 10.1. The Kier molecular flexibility index (Phi) is 5.91. The van der Waals surface area contributed by atoms with Crippen LogP contribution < -0.4 is 4.74 Å². The molecule has 0 aliphatic rings. The van der Waals surface area contributed by atoms with Gasteiger partial charge in [-0.3, -0.25) is 4.79 Å². The Balaban J connectivity index is 2.61. The molecular weight excluding hydrogens is 288 g/mol. The topological polar surface area (TPSA) is 26.3 Å². The highest BCUT2D eigenvalue weighted by molar-refractivity contribution is 9.10. The fraction of sp³-hybridized carbons (Fsp3) is 0.417. The van der Waals surface area contributed by atoms with E-state index in [4.69, 9.17) is 4.74 Å². The summed E-state index contributed by atoms with van der Waals surface area (Å²) in [6, 6.07) is 5.75. The second-order valence-corrected chi connectivity index (χ2v) is 5.27. The van der Waals surface area contributed by atoms with Crippen molar-refractivity contribution in [2.45, 2.75) is 12.8 Å². The highest BCUT2D eigenvalue weighted by Gasteiger charge is 2.06. The van der Waals surface area contributed by atoms with E-state index in [1.165, 1.54) is 0 Å². The third kappa shape index (κ3) is 4.18. The van der Waals surface area contributed by atoms with Gasteiger partial charge in [-0.25, -0.2) is 0 Å². The molecule has 1 rings (SSSR count). The van der Waals surface area contributed by atoms with Gasteiger partial charge in [0.2, 0.25) is 0 Å². The Hall–Kier alpha value is -0.480. The van der Waals surface area contributed by atoms with Gasteiger partial charge < -0.3 is 4.74 Å². The number of benzene rings is 1. The van der Waals surface area contributed by atoms with E-state index >= 15 is 0 Å². The van der Waals surface area contributed by atoms with Crippen LogP contribution in [0.5, 0.6) is 5.75 Å². The number of ketones is 1. The number of carbonyl (C=O) groups is 1. The summed E-state index contributed by atoms with van der Waals surface area (Å²) in [7, 11) is 1.63. The van der Waals surface area contributed by atoms with Crippen LogP contribution in [0.3, 0.4) is 0 Å². The lowest BCUT2D eigenvalue weighted by molar-refractivity contribution is -0.118. The SMILES string of the molecule is COc1ccc(CC(=O)CCSC)cc1Br. The predicted octanol–water partition coefficient (Wildman–Crippen LogP) is 3.32. The second-order valence-electron chi connectivity index (χ2n) is 3.43. The number of thioether (sulfide) groups is 1. The summed E-state index contributed by atoms with van der Waals surface area (Å²) in [6.07, 6.45) is 3.16. The number of rotatable bonds is 6. The zero-order chi connectivity index (χ0) is 12.0. The van der Waals surface area contributed by atoms with Gasteiger partial charge in [0.15, 0.2) is 0 Å². The van der Waals surface area contributed by atoms with E-state index < -0.39 is 0 Å². The first-order valence-electron chi connectivity index (χ1n) is 5.00. The molecule has 0 aliphatic carbocycles. The van der Waals surface area contributed by atoms with Crippen LogP contribution >= 0.6 is 27.7 Å². The maximum Gasteiger partial charge on any atom is 0.138 e. The summed E-state index contributed by atoms with van der Waals surface area (Å²) in [4.78, 5) is 11.6. The zero-order valence-corrected chi connectivity index (χ0v) is 11.9. The van der Waals surface area contributed by atoms with E-state index in [2.05, 4.69) is 15.9 Å². The van der Waals surface area contributed by atoms with Crippen LogP contribution in [0.1, 0.15) is 12.0 Å². The molecule has 0 aliphatic heterocycles. The maximum atomic E-state index is 11.6. The fourth-order valence-corrected chi connectivity index (χ4v) is 2.37. The molecule has 0 heterocycles. The number of hydrogen-bond acceptors (Lipinski definition) is 3. The van der Waals surface area contributed by atoms with E-state index in [9.17, 15) is 4.79 Å². The molecule has 0 N–H and O–H groups in total. The lowest BCUT2D eigenvalue weighted by Crippen LogP contribution is -2.03. The van der Waals surface area contributed by atoms with Crippen molar-refractivity contribution in [2.24, 2.45) is 0 Å². The molecule has 2 nitrogen and oxygen atoms in total. The van der Waals surface area contributed by atoms with Gasteiger partial charge in [-0.15, -0.1) is 0 Å². The van der Waals surface area contributed by atoms with Crippen molar-refractivity contribution in [3.63, 3.8) is 0 Å². The summed E-state index contributed by atoms with van der Waals surface area (Å²) in [6.45, 7) is 0. The minimum absolute atomic E-state index is 0.284. The molecule has 0 bridgehead atoms. The third-order valence-electron chi connectivity index (χ3n) is 2.20. The molecule has 0 radical (unpaired) electrons. The van der Waals surface area contributed by atoms with E-state index in [0.717, 1.165) is 21.5 Å². The van der Waals surface area contributed by atoms with Crippen molar-refractivity contribution in [3.8, 4) is 5.75 Å². The van der Waals surface area contributed by atoms with Crippen LogP contribution in [-0.2, 0) is 11.2 Å². The van der Waals surface area contributed by atoms with Gasteiger partial charge >= 0.3 is 0 Å². The van der Waals surface area contributed by atoms with E-state index in [1.807, 2.05) is 24.5 Å². The van der Waals surface area contributed by atoms with Crippen molar-refractivity contribution in [2.75, 3.05) is 19.1 Å². The Morgan fingerprint density at radius 1 is 1.50 bits per heavy atom. The molecule has 0 aromatic heterocycles. The Labute approximate surface area is 109 Å². The highest BCUT2D eigenvalue weighted by atomic mass is 79.9. The molecule has 88 valence electrons. The third-order valence-corrected chi connectivity index (χ3v) is 3.43. The summed E-state index contributed by atoms with van der Waals surface area (Å²) in [5.74, 6) is 1.97. The van der Waals surface area contributed by atoms with Crippen LogP contribution in [0.25, 0.3) is 0 Å². The van der Waals surface area contributed by atoms with Gasteiger partial charge in [-0.2, -0.15) is 11.8 Å². The van der Waals surface area contributed by atoms with Crippen molar-refractivity contribution < 1.29 is 9.53 Å². The van der Waals surface area contributed by atoms with Crippen molar-refractivity contribution >= 4 is 33.5 Å². The molecule has 1 aromatic rings. The molecule has 4 heteroatoms. The smallest absolute Gasteiger partial charge is 0.138 e. The Bertz CT molecular complexity index is 366. The number of methoxy groups -OCH3 is 1. The van der Waals surface area contributed by atoms with Crippen LogP contribution in [0.2, 0.25) is 0 Å². The first kappa shape index (κ1) is 13.6. The van der Waals surface area contributed by atoms with E-state index in [-0.39, 0.29) is 5.78 Å². The molecule has 0 saturated carbocycles. The number of halogens is 1. The molecule has 0 amide bonds. The van der Waals surface area contributed by atoms with Crippen molar-refractivity contribution in [3.05, 3.63) is 28.2 Å². The van der Waals surface area contributed by atoms with Gasteiger partial charge in [0, 0.05) is 12.8 Å². The van der Waals surface area contributed by atoms with Crippen molar-refractivity contribution in [1.29, 1.82) is 0 Å². The quantitative estimate of drug-likeness (QED) is 0.806. The molecule has 16 heavy (non-hydrogen) atoms. The van der Waals surface area contributed by atoms with Crippen LogP contribution in [0, 0.1) is 0 Å². The zero-order valence-electron chi connectivity index (χ0n) is 9.46. The molecule has 0 fully saturated rings. The highest BCUT2D eigenvalue weighted by Crippen LogP contribution is 2.25. The first-order chi connectivity index (χ1) is 7.67. The van der Waals surface area contributed by atoms with Gasteiger partial charge in [0.25, 0.3) is 0 Å². The fourth-order valence-electron chi connectivity index (χ4n) is 1.35. The summed E-state index contributed by atoms with van der Waals surface area (Å²) < 4.78 is 6.03. The van der Waals surface area contributed by atoms with Gasteiger partial charge in [0.05, 0.1) is 11.6 Å².